The number of hydrogen-bond donors (Lipinski definition) is 0. The molecule has 0 bridgehead atoms. The number of benzene rings is 1. The van der Waals surface area contributed by atoms with Gasteiger partial charge in [0, 0.05) is 31.1 Å². The Morgan fingerprint density at radius 1 is 1.24 bits per heavy atom. The quantitative estimate of drug-likeness (QED) is 0.789. The number of anilines is 1. The first-order valence-electron chi connectivity index (χ1n) is 8.48. The van der Waals surface area contributed by atoms with Gasteiger partial charge >= 0.3 is 0 Å². The molecule has 0 radical (unpaired) electrons. The van der Waals surface area contributed by atoms with Crippen LogP contribution in [0.3, 0.4) is 0 Å². The van der Waals surface area contributed by atoms with Crippen molar-refractivity contribution in [3.63, 3.8) is 0 Å². The van der Waals surface area contributed by atoms with E-state index in [0.29, 0.717) is 6.54 Å². The number of aryl methyl sites for hydroxylation is 1. The molecule has 1 aromatic carbocycles. The Hall–Kier alpha value is -2.08. The van der Waals surface area contributed by atoms with Crippen molar-refractivity contribution in [2.45, 2.75) is 37.0 Å². The predicted octanol–water partition coefficient (Wildman–Crippen LogP) is 2.92. The van der Waals surface area contributed by atoms with Crippen LogP contribution in [0.15, 0.2) is 35.5 Å². The van der Waals surface area contributed by atoms with Crippen LogP contribution in [0.1, 0.15) is 23.7 Å². The van der Waals surface area contributed by atoms with Gasteiger partial charge in [0.1, 0.15) is 12.1 Å². The van der Waals surface area contributed by atoms with Crippen molar-refractivity contribution < 1.29 is 4.79 Å². The molecule has 6 heteroatoms. The molecule has 132 valence electrons. The zero-order chi connectivity index (χ0) is 18.0. The molecule has 2 aromatic rings. The van der Waals surface area contributed by atoms with Crippen molar-refractivity contribution in [2.24, 2.45) is 0 Å². The maximum atomic E-state index is 12.8. The fraction of sp³-hybridized carbons (Fsp3) is 0.421. The van der Waals surface area contributed by atoms with Crippen LogP contribution in [0.4, 0.5) is 5.82 Å². The average molecular weight is 356 g/mol. The molecule has 5 nitrogen and oxygen atoms in total. The number of aromatic nitrogens is 2. The summed E-state index contributed by atoms with van der Waals surface area (Å²) < 4.78 is 0. The molecule has 3 rings (SSSR count). The summed E-state index contributed by atoms with van der Waals surface area (Å²) in [5, 5.41) is -0.112. The number of hydrogen-bond acceptors (Lipinski definition) is 5. The van der Waals surface area contributed by atoms with Gasteiger partial charge in [-0.3, -0.25) is 4.79 Å². The Kier molecular flexibility index (Phi) is 5.27. The second kappa shape index (κ2) is 7.44. The largest absolute Gasteiger partial charge is 0.362 e. The van der Waals surface area contributed by atoms with E-state index in [9.17, 15) is 4.79 Å². The monoisotopic (exact) mass is 356 g/mol. The van der Waals surface area contributed by atoms with Crippen molar-refractivity contribution in [3.8, 4) is 0 Å². The molecule has 0 spiro atoms. The summed E-state index contributed by atoms with van der Waals surface area (Å²) in [5.41, 5.74) is 3.36. The maximum Gasteiger partial charge on any atom is 0.236 e. The molecule has 0 saturated carbocycles. The van der Waals surface area contributed by atoms with Crippen LogP contribution >= 0.6 is 11.8 Å². The van der Waals surface area contributed by atoms with Crippen LogP contribution < -0.4 is 4.90 Å². The van der Waals surface area contributed by atoms with Gasteiger partial charge in [-0.15, -0.1) is 11.8 Å². The summed E-state index contributed by atoms with van der Waals surface area (Å²) in [6.07, 6.45) is 2.39. The zero-order valence-corrected chi connectivity index (χ0v) is 16.0. The van der Waals surface area contributed by atoms with Gasteiger partial charge in [0.05, 0.1) is 17.5 Å². The summed E-state index contributed by atoms with van der Waals surface area (Å²) >= 11 is 1.61. The zero-order valence-electron chi connectivity index (χ0n) is 15.2. The van der Waals surface area contributed by atoms with E-state index in [4.69, 9.17) is 0 Å². The summed E-state index contributed by atoms with van der Waals surface area (Å²) in [7, 11) is 3.97. The molecule has 25 heavy (non-hydrogen) atoms. The van der Waals surface area contributed by atoms with Gasteiger partial charge in [-0.1, -0.05) is 17.7 Å². The summed E-state index contributed by atoms with van der Waals surface area (Å²) in [5.74, 6) is 1.13. The van der Waals surface area contributed by atoms with Crippen molar-refractivity contribution in [1.82, 2.24) is 14.9 Å². The normalized spacial score (nSPS) is 14.8. The molecule has 1 aromatic heterocycles. The lowest BCUT2D eigenvalue weighted by molar-refractivity contribution is -0.131. The van der Waals surface area contributed by atoms with E-state index < -0.39 is 0 Å². The average Bonchev–Trinajstić information content (AvgIpc) is 2.61. The van der Waals surface area contributed by atoms with Gasteiger partial charge in [-0.25, -0.2) is 9.97 Å². The first kappa shape index (κ1) is 17.7. The highest BCUT2D eigenvalue weighted by Gasteiger charge is 2.27. The van der Waals surface area contributed by atoms with E-state index in [1.165, 1.54) is 5.56 Å². The molecular weight excluding hydrogens is 332 g/mol. The van der Waals surface area contributed by atoms with Gasteiger partial charge in [-0.05, 0) is 32.4 Å². The van der Waals surface area contributed by atoms with Crippen LogP contribution in [0.2, 0.25) is 0 Å². The van der Waals surface area contributed by atoms with E-state index >= 15 is 0 Å². The Labute approximate surface area is 153 Å². The number of fused-ring (bicyclic) bond motifs is 1. The van der Waals surface area contributed by atoms with E-state index in [0.717, 1.165) is 34.9 Å². The molecule has 1 amide bonds. The van der Waals surface area contributed by atoms with Gasteiger partial charge < -0.3 is 9.80 Å². The Bertz CT molecular complexity index is 761. The first-order valence-corrected chi connectivity index (χ1v) is 9.36. The van der Waals surface area contributed by atoms with E-state index in [1.54, 1.807) is 18.1 Å². The summed E-state index contributed by atoms with van der Waals surface area (Å²) in [4.78, 5) is 26.7. The minimum atomic E-state index is -0.112. The number of amides is 1. The molecule has 0 unspecified atom stereocenters. The third-order valence-electron chi connectivity index (χ3n) is 4.40. The molecule has 0 fully saturated rings. The van der Waals surface area contributed by atoms with E-state index in [-0.39, 0.29) is 11.2 Å². The van der Waals surface area contributed by atoms with Crippen LogP contribution in [0.25, 0.3) is 0 Å². The minimum Gasteiger partial charge on any atom is -0.362 e. The van der Waals surface area contributed by atoms with Crippen molar-refractivity contribution in [1.29, 1.82) is 0 Å². The molecule has 0 saturated heterocycles. The fourth-order valence-electron chi connectivity index (χ4n) is 3.04. The number of carbonyl (C=O) groups excluding carboxylic acids is 1. The minimum absolute atomic E-state index is 0.112. The van der Waals surface area contributed by atoms with Crippen molar-refractivity contribution in [3.05, 3.63) is 47.4 Å². The van der Waals surface area contributed by atoms with Crippen LogP contribution in [0.5, 0.6) is 0 Å². The molecule has 2 heterocycles. The van der Waals surface area contributed by atoms with Gasteiger partial charge in [-0.2, -0.15) is 0 Å². The lowest BCUT2D eigenvalue weighted by Gasteiger charge is -2.31. The third-order valence-corrected chi connectivity index (χ3v) is 5.50. The molecule has 1 aliphatic rings. The summed E-state index contributed by atoms with van der Waals surface area (Å²) in [6.45, 7) is 5.33. The van der Waals surface area contributed by atoms with E-state index in [1.807, 2.05) is 30.8 Å². The molecule has 0 N–H and O–H groups in total. The Balaban J connectivity index is 1.69. The SMILES string of the molecule is Cc1ccc(S[C@H](C)C(=O)N2CCc3c(ncnc3N(C)C)C2)cc1. The van der Waals surface area contributed by atoms with Crippen molar-refractivity contribution >= 4 is 23.5 Å². The lowest BCUT2D eigenvalue weighted by atomic mass is 10.0. The second-order valence-corrected chi connectivity index (χ2v) is 8.01. The van der Waals surface area contributed by atoms with Crippen LogP contribution in [-0.4, -0.2) is 46.7 Å². The highest BCUT2D eigenvalue weighted by Crippen LogP contribution is 2.28. The Morgan fingerprint density at radius 3 is 2.64 bits per heavy atom. The highest BCUT2D eigenvalue weighted by atomic mass is 32.2. The lowest BCUT2D eigenvalue weighted by Crippen LogP contribution is -2.41. The highest BCUT2D eigenvalue weighted by molar-refractivity contribution is 8.00. The van der Waals surface area contributed by atoms with Gasteiger partial charge in [0.25, 0.3) is 0 Å². The number of thioether (sulfide) groups is 1. The molecule has 0 aliphatic carbocycles. The Morgan fingerprint density at radius 2 is 1.96 bits per heavy atom. The summed E-state index contributed by atoms with van der Waals surface area (Å²) in [6, 6.07) is 8.31. The predicted molar refractivity (Wildman–Crippen MR) is 102 cm³/mol. The topological polar surface area (TPSA) is 49.3 Å². The van der Waals surface area contributed by atoms with Gasteiger partial charge in [0.15, 0.2) is 0 Å². The van der Waals surface area contributed by atoms with E-state index in [2.05, 4.69) is 41.2 Å². The molecule has 1 atom stereocenters. The smallest absolute Gasteiger partial charge is 0.236 e. The number of rotatable bonds is 4. The van der Waals surface area contributed by atoms with Crippen LogP contribution in [-0.2, 0) is 17.8 Å². The molecule has 1 aliphatic heterocycles. The maximum absolute atomic E-state index is 12.8. The third kappa shape index (κ3) is 3.95. The van der Waals surface area contributed by atoms with Crippen molar-refractivity contribution in [2.75, 3.05) is 25.5 Å². The first-order chi connectivity index (χ1) is 12.0. The van der Waals surface area contributed by atoms with Gasteiger partial charge in [0.2, 0.25) is 5.91 Å². The standard InChI is InChI=1S/C19H24N4OS/c1-13-5-7-15(8-6-13)25-14(2)19(24)23-10-9-16-17(11-23)20-12-21-18(16)22(3)4/h5-8,12,14H,9-11H2,1-4H3/t14-/m1/s1. The number of nitrogens with zero attached hydrogens (tertiary/aromatic N) is 4. The van der Waals surface area contributed by atoms with Crippen LogP contribution in [0, 0.1) is 6.92 Å². The second-order valence-electron chi connectivity index (χ2n) is 6.60. The fourth-order valence-corrected chi connectivity index (χ4v) is 3.99. The number of carbonyl (C=O) groups is 1. The molecular formula is C19H24N4OS.